The second-order valence-electron chi connectivity index (χ2n) is 4.88. The SMILES string of the molecule is N#Cc1ccc(-c2cccc3c2CN(C#N)C3)c(C#N)c1. The van der Waals surface area contributed by atoms with E-state index in [1.807, 2.05) is 30.3 Å². The highest BCUT2D eigenvalue weighted by molar-refractivity contribution is 5.75. The topological polar surface area (TPSA) is 74.6 Å². The molecule has 0 fully saturated rings. The van der Waals surface area contributed by atoms with Crippen molar-refractivity contribution in [1.29, 1.82) is 15.8 Å². The number of benzene rings is 2. The first-order chi connectivity index (χ1) is 10.3. The van der Waals surface area contributed by atoms with Gasteiger partial charge in [-0.3, -0.25) is 0 Å². The van der Waals surface area contributed by atoms with Gasteiger partial charge in [-0.15, -0.1) is 0 Å². The molecular formula is C17H10N4. The molecule has 1 heterocycles. The average molecular weight is 270 g/mol. The Hall–Kier alpha value is -3.29. The zero-order valence-electron chi connectivity index (χ0n) is 11.2. The van der Waals surface area contributed by atoms with Gasteiger partial charge in [-0.05, 0) is 34.4 Å². The molecule has 1 aliphatic rings. The molecule has 0 saturated heterocycles. The minimum absolute atomic E-state index is 0.474. The van der Waals surface area contributed by atoms with Crippen LogP contribution in [0.3, 0.4) is 0 Å². The highest BCUT2D eigenvalue weighted by Crippen LogP contribution is 2.34. The van der Waals surface area contributed by atoms with E-state index in [0.717, 1.165) is 22.3 Å². The Balaban J connectivity index is 2.17. The molecule has 0 unspecified atom stereocenters. The van der Waals surface area contributed by atoms with Gasteiger partial charge in [0.05, 0.1) is 36.4 Å². The van der Waals surface area contributed by atoms with E-state index in [9.17, 15) is 5.26 Å². The maximum Gasteiger partial charge on any atom is 0.179 e. The molecule has 0 N–H and O–H groups in total. The first kappa shape index (κ1) is 12.7. The van der Waals surface area contributed by atoms with Crippen LogP contribution in [0.1, 0.15) is 22.3 Å². The van der Waals surface area contributed by atoms with Gasteiger partial charge in [0.1, 0.15) is 0 Å². The Labute approximate surface area is 122 Å². The van der Waals surface area contributed by atoms with E-state index >= 15 is 0 Å². The zero-order valence-corrected chi connectivity index (χ0v) is 11.2. The molecule has 21 heavy (non-hydrogen) atoms. The van der Waals surface area contributed by atoms with Crippen LogP contribution in [-0.4, -0.2) is 4.90 Å². The van der Waals surface area contributed by atoms with Crippen LogP contribution in [0.2, 0.25) is 0 Å². The third kappa shape index (κ3) is 2.08. The van der Waals surface area contributed by atoms with Crippen LogP contribution in [0, 0.1) is 34.1 Å². The van der Waals surface area contributed by atoms with E-state index < -0.39 is 0 Å². The zero-order chi connectivity index (χ0) is 14.8. The Bertz CT molecular complexity index is 847. The quantitative estimate of drug-likeness (QED) is 0.747. The number of hydrogen-bond acceptors (Lipinski definition) is 4. The summed E-state index contributed by atoms with van der Waals surface area (Å²) in [5, 5.41) is 27.3. The van der Waals surface area contributed by atoms with E-state index in [-0.39, 0.29) is 0 Å². The smallest absolute Gasteiger partial charge is 0.179 e. The third-order valence-corrected chi connectivity index (χ3v) is 3.68. The number of fused-ring (bicyclic) bond motifs is 1. The first-order valence-corrected chi connectivity index (χ1v) is 6.47. The van der Waals surface area contributed by atoms with Crippen molar-refractivity contribution in [1.82, 2.24) is 4.90 Å². The van der Waals surface area contributed by atoms with Gasteiger partial charge in [-0.2, -0.15) is 15.8 Å². The largest absolute Gasteiger partial charge is 0.302 e. The van der Waals surface area contributed by atoms with Crippen LogP contribution >= 0.6 is 0 Å². The predicted molar refractivity (Wildman–Crippen MR) is 76.2 cm³/mol. The van der Waals surface area contributed by atoms with Gasteiger partial charge < -0.3 is 4.90 Å². The fourth-order valence-electron chi connectivity index (χ4n) is 2.69. The van der Waals surface area contributed by atoms with Gasteiger partial charge in [0.15, 0.2) is 6.19 Å². The molecule has 0 radical (unpaired) electrons. The second-order valence-corrected chi connectivity index (χ2v) is 4.88. The summed E-state index contributed by atoms with van der Waals surface area (Å²) in [6.45, 7) is 1.17. The van der Waals surface area contributed by atoms with E-state index in [1.54, 1.807) is 17.0 Å². The van der Waals surface area contributed by atoms with Crippen molar-refractivity contribution >= 4 is 0 Å². The molecule has 0 aromatic heterocycles. The molecule has 0 saturated carbocycles. The molecular weight excluding hydrogens is 260 g/mol. The van der Waals surface area contributed by atoms with Gasteiger partial charge in [0.25, 0.3) is 0 Å². The molecule has 2 aromatic carbocycles. The van der Waals surface area contributed by atoms with Crippen LogP contribution in [0.4, 0.5) is 0 Å². The lowest BCUT2D eigenvalue weighted by atomic mass is 9.93. The Kier molecular flexibility index (Phi) is 3.03. The highest BCUT2D eigenvalue weighted by Gasteiger charge is 2.22. The van der Waals surface area contributed by atoms with Gasteiger partial charge in [-0.1, -0.05) is 24.3 Å². The van der Waals surface area contributed by atoms with E-state index in [4.69, 9.17) is 10.5 Å². The first-order valence-electron chi connectivity index (χ1n) is 6.47. The molecule has 0 amide bonds. The summed E-state index contributed by atoms with van der Waals surface area (Å²) in [4.78, 5) is 1.68. The molecule has 98 valence electrons. The fraction of sp³-hybridized carbons (Fsp3) is 0.118. The molecule has 4 nitrogen and oxygen atoms in total. The molecule has 3 rings (SSSR count). The number of nitrogens with zero attached hydrogens (tertiary/aromatic N) is 4. The third-order valence-electron chi connectivity index (χ3n) is 3.68. The van der Waals surface area contributed by atoms with Crippen molar-refractivity contribution in [2.75, 3.05) is 0 Å². The Morgan fingerprint density at radius 3 is 2.48 bits per heavy atom. The summed E-state index contributed by atoms with van der Waals surface area (Å²) in [6, 6.07) is 15.2. The summed E-state index contributed by atoms with van der Waals surface area (Å²) in [7, 11) is 0. The van der Waals surface area contributed by atoms with Crippen molar-refractivity contribution in [3.8, 4) is 29.5 Å². The Morgan fingerprint density at radius 1 is 0.905 bits per heavy atom. The maximum absolute atomic E-state index is 9.32. The standard InChI is InChI=1S/C17H10N4/c18-7-12-4-5-15(14(6-12)8-19)16-3-1-2-13-9-21(11-20)10-17(13)16/h1-6H,9-10H2. The monoisotopic (exact) mass is 270 g/mol. The minimum atomic E-state index is 0.474. The minimum Gasteiger partial charge on any atom is -0.302 e. The van der Waals surface area contributed by atoms with Crippen LogP contribution in [0.25, 0.3) is 11.1 Å². The number of nitriles is 3. The van der Waals surface area contributed by atoms with Gasteiger partial charge >= 0.3 is 0 Å². The lowest BCUT2D eigenvalue weighted by Crippen LogP contribution is -2.07. The fourth-order valence-corrected chi connectivity index (χ4v) is 2.69. The summed E-state index contributed by atoms with van der Waals surface area (Å²) in [5.74, 6) is 0. The normalized spacial score (nSPS) is 12.1. The summed E-state index contributed by atoms with van der Waals surface area (Å²) >= 11 is 0. The van der Waals surface area contributed by atoms with Crippen molar-refractivity contribution in [3.05, 3.63) is 58.7 Å². The maximum atomic E-state index is 9.32. The van der Waals surface area contributed by atoms with E-state index in [1.165, 1.54) is 0 Å². The lowest BCUT2D eigenvalue weighted by Gasteiger charge is -2.10. The predicted octanol–water partition coefficient (Wildman–Crippen LogP) is 2.89. The van der Waals surface area contributed by atoms with Crippen LogP contribution in [-0.2, 0) is 13.1 Å². The van der Waals surface area contributed by atoms with Gasteiger partial charge in [-0.25, -0.2) is 0 Å². The molecule has 4 heteroatoms. The summed E-state index contributed by atoms with van der Waals surface area (Å²) in [5.41, 5.74) is 4.93. The van der Waals surface area contributed by atoms with Crippen molar-refractivity contribution in [2.24, 2.45) is 0 Å². The van der Waals surface area contributed by atoms with Crippen LogP contribution in [0.15, 0.2) is 36.4 Å². The summed E-state index contributed by atoms with van der Waals surface area (Å²) in [6.07, 6.45) is 2.16. The van der Waals surface area contributed by atoms with Crippen LogP contribution < -0.4 is 0 Å². The van der Waals surface area contributed by atoms with E-state index in [2.05, 4.69) is 12.3 Å². The highest BCUT2D eigenvalue weighted by atomic mass is 15.1. The summed E-state index contributed by atoms with van der Waals surface area (Å²) < 4.78 is 0. The van der Waals surface area contributed by atoms with Crippen LogP contribution in [0.5, 0.6) is 0 Å². The van der Waals surface area contributed by atoms with Gasteiger partial charge in [0.2, 0.25) is 0 Å². The number of rotatable bonds is 1. The average Bonchev–Trinajstić information content (AvgIpc) is 2.97. The molecule has 1 aliphatic heterocycles. The van der Waals surface area contributed by atoms with Crippen molar-refractivity contribution in [3.63, 3.8) is 0 Å². The van der Waals surface area contributed by atoms with Gasteiger partial charge in [0, 0.05) is 0 Å². The van der Waals surface area contributed by atoms with Crippen molar-refractivity contribution < 1.29 is 0 Å². The van der Waals surface area contributed by atoms with Crippen molar-refractivity contribution in [2.45, 2.75) is 13.1 Å². The molecule has 0 atom stereocenters. The molecule has 0 spiro atoms. The lowest BCUT2D eigenvalue weighted by molar-refractivity contribution is 0.417. The second kappa shape index (κ2) is 5.00. The molecule has 0 bridgehead atoms. The molecule has 2 aromatic rings. The molecule has 0 aliphatic carbocycles. The Morgan fingerprint density at radius 2 is 1.76 bits per heavy atom. The number of hydrogen-bond donors (Lipinski definition) is 0. The van der Waals surface area contributed by atoms with E-state index in [0.29, 0.717) is 24.2 Å².